The summed E-state index contributed by atoms with van der Waals surface area (Å²) in [6.07, 6.45) is -0.343. The Morgan fingerprint density at radius 1 is 1.29 bits per heavy atom. The number of benzene rings is 2. The van der Waals surface area contributed by atoms with E-state index in [1.165, 1.54) is 7.11 Å². The summed E-state index contributed by atoms with van der Waals surface area (Å²) in [5, 5.41) is 9.80. The SMILES string of the molecule is COc1ccc(C2SCCN2C(=O)OCc2ccccc2)cc1O. The van der Waals surface area contributed by atoms with Crippen molar-refractivity contribution in [2.75, 3.05) is 19.4 Å². The lowest BCUT2D eigenvalue weighted by Gasteiger charge is -2.23. The number of methoxy groups -OCH3 is 1. The number of aromatic hydroxyl groups is 1. The molecule has 5 nitrogen and oxygen atoms in total. The summed E-state index contributed by atoms with van der Waals surface area (Å²) < 4.78 is 10.5. The molecule has 1 aliphatic heterocycles. The van der Waals surface area contributed by atoms with Gasteiger partial charge in [-0.2, -0.15) is 0 Å². The predicted octanol–water partition coefficient (Wildman–Crippen LogP) is 3.79. The first kappa shape index (κ1) is 16.5. The van der Waals surface area contributed by atoms with Crippen LogP contribution >= 0.6 is 11.8 Å². The molecule has 6 heteroatoms. The first-order valence-electron chi connectivity index (χ1n) is 7.65. The molecule has 126 valence electrons. The summed E-state index contributed by atoms with van der Waals surface area (Å²) in [7, 11) is 1.51. The van der Waals surface area contributed by atoms with Crippen molar-refractivity contribution < 1.29 is 19.4 Å². The van der Waals surface area contributed by atoms with E-state index in [2.05, 4.69) is 0 Å². The van der Waals surface area contributed by atoms with Gasteiger partial charge >= 0.3 is 6.09 Å². The fraction of sp³-hybridized carbons (Fsp3) is 0.278. The molecule has 24 heavy (non-hydrogen) atoms. The number of carbonyl (C=O) groups is 1. The molecule has 1 fully saturated rings. The molecule has 0 aromatic heterocycles. The molecule has 0 saturated carbocycles. The topological polar surface area (TPSA) is 59.0 Å². The molecule has 1 heterocycles. The Bertz CT molecular complexity index is 707. The molecule has 1 amide bonds. The van der Waals surface area contributed by atoms with Gasteiger partial charge in [0, 0.05) is 12.3 Å². The van der Waals surface area contributed by atoms with E-state index >= 15 is 0 Å². The second-order valence-corrected chi connectivity index (χ2v) is 6.58. The monoisotopic (exact) mass is 345 g/mol. The molecule has 0 radical (unpaired) electrons. The zero-order valence-corrected chi connectivity index (χ0v) is 14.2. The lowest BCUT2D eigenvalue weighted by molar-refractivity contribution is 0.0972. The number of hydrogen-bond donors (Lipinski definition) is 1. The van der Waals surface area contributed by atoms with E-state index in [1.807, 2.05) is 36.4 Å². The number of phenolic OH excluding ortho intramolecular Hbond substituents is 1. The number of nitrogens with zero attached hydrogens (tertiary/aromatic N) is 1. The zero-order valence-electron chi connectivity index (χ0n) is 13.3. The van der Waals surface area contributed by atoms with Crippen LogP contribution in [-0.2, 0) is 11.3 Å². The molecular formula is C18H19NO4S. The molecule has 1 unspecified atom stereocenters. The molecule has 1 atom stereocenters. The average molecular weight is 345 g/mol. The quantitative estimate of drug-likeness (QED) is 0.914. The number of phenols is 1. The Labute approximate surface area is 145 Å². The Balaban J connectivity index is 1.68. The van der Waals surface area contributed by atoms with Gasteiger partial charge in [0.1, 0.15) is 12.0 Å². The van der Waals surface area contributed by atoms with Crippen LogP contribution in [0, 0.1) is 0 Å². The Morgan fingerprint density at radius 3 is 2.79 bits per heavy atom. The minimum atomic E-state index is -0.343. The third-order valence-electron chi connectivity index (χ3n) is 3.82. The molecule has 0 bridgehead atoms. The Hall–Kier alpha value is -2.34. The Morgan fingerprint density at radius 2 is 2.08 bits per heavy atom. The second kappa shape index (κ2) is 7.49. The van der Waals surface area contributed by atoms with E-state index in [4.69, 9.17) is 9.47 Å². The summed E-state index contributed by atoms with van der Waals surface area (Å²) in [6.45, 7) is 0.872. The van der Waals surface area contributed by atoms with Crippen molar-refractivity contribution in [3.8, 4) is 11.5 Å². The summed E-state index contributed by atoms with van der Waals surface area (Å²) in [4.78, 5) is 14.1. The van der Waals surface area contributed by atoms with Crippen molar-refractivity contribution in [3.63, 3.8) is 0 Å². The molecule has 1 aliphatic rings. The van der Waals surface area contributed by atoms with Crippen molar-refractivity contribution in [1.82, 2.24) is 4.90 Å². The van der Waals surface area contributed by atoms with E-state index in [1.54, 1.807) is 28.8 Å². The fourth-order valence-corrected chi connectivity index (χ4v) is 3.83. The van der Waals surface area contributed by atoms with Gasteiger partial charge in [-0.1, -0.05) is 36.4 Å². The van der Waals surface area contributed by atoms with Gasteiger partial charge in [0.05, 0.1) is 7.11 Å². The van der Waals surface area contributed by atoms with Crippen LogP contribution in [0.4, 0.5) is 4.79 Å². The maximum atomic E-state index is 12.4. The van der Waals surface area contributed by atoms with Crippen LogP contribution in [0.3, 0.4) is 0 Å². The third-order valence-corrected chi connectivity index (χ3v) is 5.08. The van der Waals surface area contributed by atoms with Crippen LogP contribution < -0.4 is 4.74 Å². The maximum absolute atomic E-state index is 12.4. The van der Waals surface area contributed by atoms with Crippen LogP contribution in [-0.4, -0.2) is 35.5 Å². The van der Waals surface area contributed by atoms with E-state index < -0.39 is 0 Å². The first-order chi connectivity index (χ1) is 11.7. The van der Waals surface area contributed by atoms with Gasteiger partial charge in [0.15, 0.2) is 11.5 Å². The van der Waals surface area contributed by atoms with Crippen LogP contribution in [0.1, 0.15) is 16.5 Å². The van der Waals surface area contributed by atoms with Crippen molar-refractivity contribution in [1.29, 1.82) is 0 Å². The molecule has 1 N–H and O–H groups in total. The van der Waals surface area contributed by atoms with Gasteiger partial charge in [-0.15, -0.1) is 11.8 Å². The van der Waals surface area contributed by atoms with Gasteiger partial charge in [-0.25, -0.2) is 4.79 Å². The Kier molecular flexibility index (Phi) is 5.15. The summed E-state index contributed by atoms with van der Waals surface area (Å²) in [6, 6.07) is 14.8. The number of hydrogen-bond acceptors (Lipinski definition) is 5. The van der Waals surface area contributed by atoms with Gasteiger partial charge < -0.3 is 14.6 Å². The summed E-state index contributed by atoms with van der Waals surface area (Å²) in [5.41, 5.74) is 1.81. The molecule has 1 saturated heterocycles. The highest BCUT2D eigenvalue weighted by atomic mass is 32.2. The van der Waals surface area contributed by atoms with Crippen molar-refractivity contribution in [3.05, 3.63) is 59.7 Å². The minimum absolute atomic E-state index is 0.0695. The van der Waals surface area contributed by atoms with Gasteiger partial charge in [0.25, 0.3) is 0 Å². The minimum Gasteiger partial charge on any atom is -0.504 e. The highest BCUT2D eigenvalue weighted by Gasteiger charge is 2.32. The lowest BCUT2D eigenvalue weighted by atomic mass is 10.2. The maximum Gasteiger partial charge on any atom is 0.411 e. The van der Waals surface area contributed by atoms with Crippen LogP contribution in [0.25, 0.3) is 0 Å². The third kappa shape index (κ3) is 3.59. The summed E-state index contributed by atoms with van der Waals surface area (Å²) >= 11 is 1.65. The van der Waals surface area contributed by atoms with Crippen molar-refractivity contribution in [2.24, 2.45) is 0 Å². The highest BCUT2D eigenvalue weighted by Crippen LogP contribution is 2.41. The first-order valence-corrected chi connectivity index (χ1v) is 8.70. The van der Waals surface area contributed by atoms with Crippen molar-refractivity contribution in [2.45, 2.75) is 12.0 Å². The molecule has 0 aliphatic carbocycles. The van der Waals surface area contributed by atoms with Crippen LogP contribution in [0.2, 0.25) is 0 Å². The number of amides is 1. The average Bonchev–Trinajstić information content (AvgIpc) is 3.10. The number of thioether (sulfide) groups is 1. The van der Waals surface area contributed by atoms with Crippen LogP contribution in [0.5, 0.6) is 11.5 Å². The molecule has 2 aromatic rings. The second-order valence-electron chi connectivity index (χ2n) is 5.39. The lowest BCUT2D eigenvalue weighted by Crippen LogP contribution is -2.30. The van der Waals surface area contributed by atoms with Gasteiger partial charge in [-0.3, -0.25) is 4.90 Å². The number of carbonyl (C=O) groups excluding carboxylic acids is 1. The van der Waals surface area contributed by atoms with E-state index in [-0.39, 0.29) is 23.8 Å². The van der Waals surface area contributed by atoms with Gasteiger partial charge in [-0.05, 0) is 23.3 Å². The molecular weight excluding hydrogens is 326 g/mol. The number of rotatable bonds is 4. The smallest absolute Gasteiger partial charge is 0.411 e. The fourth-order valence-electron chi connectivity index (χ4n) is 2.60. The van der Waals surface area contributed by atoms with E-state index in [0.29, 0.717) is 12.3 Å². The van der Waals surface area contributed by atoms with Gasteiger partial charge in [0.2, 0.25) is 0 Å². The largest absolute Gasteiger partial charge is 0.504 e. The molecule has 3 rings (SSSR count). The zero-order chi connectivity index (χ0) is 16.9. The molecule has 2 aromatic carbocycles. The standard InChI is InChI=1S/C18H19NO4S/c1-22-16-8-7-14(11-15(16)20)17-19(9-10-24-17)18(21)23-12-13-5-3-2-4-6-13/h2-8,11,17,20H,9-10,12H2,1H3. The molecule has 0 spiro atoms. The van der Waals surface area contributed by atoms with E-state index in [9.17, 15) is 9.90 Å². The van der Waals surface area contributed by atoms with E-state index in [0.717, 1.165) is 16.9 Å². The normalized spacial score (nSPS) is 16.9. The van der Waals surface area contributed by atoms with Crippen molar-refractivity contribution >= 4 is 17.9 Å². The number of ether oxygens (including phenoxy) is 2. The predicted molar refractivity (Wildman–Crippen MR) is 93.2 cm³/mol. The highest BCUT2D eigenvalue weighted by molar-refractivity contribution is 7.99. The summed E-state index contributed by atoms with van der Waals surface area (Å²) in [5.74, 6) is 1.32. The van der Waals surface area contributed by atoms with Crippen LogP contribution in [0.15, 0.2) is 48.5 Å².